The summed E-state index contributed by atoms with van der Waals surface area (Å²) in [6.45, 7) is 9.53. The molecule has 1 aliphatic carbocycles. The van der Waals surface area contributed by atoms with Crippen molar-refractivity contribution >= 4 is 27.7 Å². The van der Waals surface area contributed by atoms with E-state index in [9.17, 15) is 0 Å². The number of hydrogen-bond donors (Lipinski definition) is 0. The van der Waals surface area contributed by atoms with Gasteiger partial charge in [-0.3, -0.25) is 4.57 Å². The van der Waals surface area contributed by atoms with Crippen molar-refractivity contribution in [1.29, 1.82) is 0 Å². The zero-order valence-electron chi connectivity index (χ0n) is 28.4. The number of fused-ring (bicyclic) bond motifs is 3. The number of aliphatic imine (C=N–C) groups is 1. The van der Waals surface area contributed by atoms with E-state index in [4.69, 9.17) is 19.5 Å². The largest absolute Gasteiger partial charge is 0.475 e. The average molecular weight is 634 g/mol. The Labute approximate surface area is 283 Å². The maximum atomic E-state index is 6.74. The van der Waals surface area contributed by atoms with Gasteiger partial charge < -0.3 is 9.47 Å². The van der Waals surface area contributed by atoms with E-state index in [0.29, 0.717) is 12.5 Å². The van der Waals surface area contributed by atoms with E-state index >= 15 is 0 Å². The van der Waals surface area contributed by atoms with Crippen molar-refractivity contribution in [2.75, 3.05) is 6.61 Å². The summed E-state index contributed by atoms with van der Waals surface area (Å²) in [5.74, 6) is 3.76. The van der Waals surface area contributed by atoms with Gasteiger partial charge >= 0.3 is 0 Å². The quantitative estimate of drug-likeness (QED) is 0.183. The number of ether oxygens (including phenoxy) is 2. The van der Waals surface area contributed by atoms with E-state index in [1.54, 1.807) is 0 Å². The molecule has 6 aromatic rings. The van der Waals surface area contributed by atoms with Crippen LogP contribution in [0.15, 0.2) is 108 Å². The van der Waals surface area contributed by atoms with Crippen LogP contribution in [0.5, 0.6) is 11.5 Å². The summed E-state index contributed by atoms with van der Waals surface area (Å²) in [7, 11) is 0. The molecule has 5 nitrogen and oxygen atoms in total. The van der Waals surface area contributed by atoms with E-state index in [0.717, 1.165) is 50.9 Å². The monoisotopic (exact) mass is 633 g/mol. The second-order valence-electron chi connectivity index (χ2n) is 14.6. The highest BCUT2D eigenvalue weighted by molar-refractivity contribution is 6.09. The minimum absolute atomic E-state index is 0.00649. The highest BCUT2D eigenvalue weighted by atomic mass is 16.5. The number of aryl methyl sites for hydroxylation is 1. The van der Waals surface area contributed by atoms with E-state index in [1.807, 2.05) is 12.3 Å². The van der Waals surface area contributed by atoms with Crippen LogP contribution in [0.2, 0.25) is 0 Å². The average Bonchev–Trinajstić information content (AvgIpc) is 3.72. The zero-order chi connectivity index (χ0) is 32.8. The van der Waals surface area contributed by atoms with Gasteiger partial charge in [0, 0.05) is 28.6 Å². The Morgan fingerprint density at radius 3 is 2.35 bits per heavy atom. The molecule has 0 saturated heterocycles. The Morgan fingerprint density at radius 2 is 1.54 bits per heavy atom. The van der Waals surface area contributed by atoms with Crippen molar-refractivity contribution in [3.05, 3.63) is 120 Å². The molecule has 0 bridgehead atoms. The molecule has 0 N–H and O–H groups in total. The van der Waals surface area contributed by atoms with E-state index in [-0.39, 0.29) is 11.5 Å². The number of pyridine rings is 1. The first kappa shape index (κ1) is 30.4. The first-order valence-electron chi connectivity index (χ1n) is 17.4. The maximum Gasteiger partial charge on any atom is 0.216 e. The summed E-state index contributed by atoms with van der Waals surface area (Å²) in [5.41, 5.74) is 7.83. The summed E-state index contributed by atoms with van der Waals surface area (Å²) in [4.78, 5) is 10.0. The van der Waals surface area contributed by atoms with Gasteiger partial charge in [-0.25, -0.2) is 9.98 Å². The molecule has 2 aromatic heterocycles. The van der Waals surface area contributed by atoms with Crippen LogP contribution in [-0.2, 0) is 10.2 Å². The fourth-order valence-electron chi connectivity index (χ4n) is 7.45. The lowest BCUT2D eigenvalue weighted by Crippen LogP contribution is -2.22. The fraction of sp³-hybridized carbons (Fsp3) is 0.302. The molecule has 1 atom stereocenters. The molecule has 1 saturated carbocycles. The first-order valence-corrected chi connectivity index (χ1v) is 17.4. The molecule has 4 aromatic carbocycles. The molecule has 2 aliphatic rings. The van der Waals surface area contributed by atoms with E-state index in [1.165, 1.54) is 54.0 Å². The van der Waals surface area contributed by atoms with Gasteiger partial charge in [-0.15, -0.1) is 0 Å². The van der Waals surface area contributed by atoms with Crippen molar-refractivity contribution in [3.8, 4) is 28.4 Å². The minimum Gasteiger partial charge on any atom is -0.475 e. The second kappa shape index (κ2) is 12.3. The third-order valence-electron chi connectivity index (χ3n) is 10.1. The Kier molecular flexibility index (Phi) is 7.79. The van der Waals surface area contributed by atoms with Crippen molar-refractivity contribution < 1.29 is 9.47 Å². The molecule has 1 fully saturated rings. The van der Waals surface area contributed by atoms with Gasteiger partial charge in [-0.1, -0.05) is 82.0 Å². The van der Waals surface area contributed by atoms with Crippen LogP contribution in [0.25, 0.3) is 38.8 Å². The standard InChI is InChI=1S/C43H43N3O2/c1-28-15-18-39-37(21-28)36-17-16-34(26-40(36)46(39)41-25-33(19-20-44-41)43(2,3)4)48-35-23-31(29-11-7-5-8-12-29)22-32(24-35)42-45-38(27-47-42)30-13-9-6-10-14-30/h5,7-8,11-12,15-26,30,38H,6,9-10,13-14,27H2,1-4H3/t38-/m0/s1. The van der Waals surface area contributed by atoms with Gasteiger partial charge in [0.2, 0.25) is 5.90 Å². The maximum absolute atomic E-state index is 6.74. The highest BCUT2D eigenvalue weighted by Gasteiger charge is 2.29. The molecular weight excluding hydrogens is 590 g/mol. The molecule has 1 aliphatic heterocycles. The summed E-state index contributed by atoms with van der Waals surface area (Å²) in [6, 6.07) is 34.4. The number of benzene rings is 4. The normalized spacial score (nSPS) is 17.1. The predicted octanol–water partition coefficient (Wildman–Crippen LogP) is 11.0. The minimum atomic E-state index is 0.00649. The van der Waals surface area contributed by atoms with Crippen LogP contribution in [0.1, 0.15) is 69.6 Å². The SMILES string of the molecule is Cc1ccc2c(c1)c1ccc(Oc3cc(C4=N[C@H](C5CCCCC5)CO4)cc(-c4ccccc4)c3)cc1n2-c1cc(C(C)(C)C)ccn1. The lowest BCUT2D eigenvalue weighted by molar-refractivity contribution is 0.240. The smallest absolute Gasteiger partial charge is 0.216 e. The van der Waals surface area contributed by atoms with Gasteiger partial charge in [0.1, 0.15) is 23.9 Å². The Morgan fingerprint density at radius 1 is 0.729 bits per heavy atom. The molecule has 0 amide bonds. The summed E-state index contributed by atoms with van der Waals surface area (Å²) in [5, 5.41) is 2.38. The zero-order valence-corrected chi connectivity index (χ0v) is 28.4. The van der Waals surface area contributed by atoms with Crippen LogP contribution in [0.4, 0.5) is 0 Å². The summed E-state index contributed by atoms with van der Waals surface area (Å²) < 4.78 is 15.3. The molecule has 0 unspecified atom stereocenters. The van der Waals surface area contributed by atoms with E-state index in [2.05, 4.69) is 123 Å². The number of hydrogen-bond acceptors (Lipinski definition) is 4. The fourth-order valence-corrected chi connectivity index (χ4v) is 7.45. The van der Waals surface area contributed by atoms with Crippen LogP contribution in [0, 0.1) is 12.8 Å². The molecule has 3 heterocycles. The van der Waals surface area contributed by atoms with Crippen LogP contribution in [0.3, 0.4) is 0 Å². The van der Waals surface area contributed by atoms with Gasteiger partial charge in [0.15, 0.2) is 0 Å². The van der Waals surface area contributed by atoms with Gasteiger partial charge in [0.05, 0.1) is 17.1 Å². The van der Waals surface area contributed by atoms with Crippen molar-refractivity contribution in [1.82, 2.24) is 9.55 Å². The Bertz CT molecular complexity index is 2150. The molecular formula is C43H43N3O2. The first-order chi connectivity index (χ1) is 23.3. The topological polar surface area (TPSA) is 48.6 Å². The molecule has 242 valence electrons. The lowest BCUT2D eigenvalue weighted by atomic mass is 9.84. The molecule has 8 rings (SSSR count). The number of aromatic nitrogens is 2. The third-order valence-corrected chi connectivity index (χ3v) is 10.1. The molecule has 48 heavy (non-hydrogen) atoms. The van der Waals surface area contributed by atoms with Gasteiger partial charge in [0.25, 0.3) is 0 Å². The summed E-state index contributed by atoms with van der Waals surface area (Å²) in [6.07, 6.45) is 8.36. The third kappa shape index (κ3) is 5.87. The van der Waals surface area contributed by atoms with Gasteiger partial charge in [-0.05, 0) is 102 Å². The highest BCUT2D eigenvalue weighted by Crippen LogP contribution is 2.38. The molecule has 0 radical (unpaired) electrons. The second-order valence-corrected chi connectivity index (χ2v) is 14.6. The van der Waals surface area contributed by atoms with Crippen molar-refractivity contribution in [3.63, 3.8) is 0 Å². The summed E-state index contributed by atoms with van der Waals surface area (Å²) >= 11 is 0. The van der Waals surface area contributed by atoms with Crippen molar-refractivity contribution in [2.45, 2.75) is 71.3 Å². The van der Waals surface area contributed by atoms with Crippen LogP contribution >= 0.6 is 0 Å². The molecule has 5 heteroatoms. The van der Waals surface area contributed by atoms with Crippen molar-refractivity contribution in [2.24, 2.45) is 10.9 Å². The molecule has 0 spiro atoms. The lowest BCUT2D eigenvalue weighted by Gasteiger charge is -2.24. The Balaban J connectivity index is 1.22. The number of nitrogens with zero attached hydrogens (tertiary/aromatic N) is 3. The van der Waals surface area contributed by atoms with Crippen LogP contribution in [-0.4, -0.2) is 28.1 Å². The Hall–Kier alpha value is -4.90. The van der Waals surface area contributed by atoms with Gasteiger partial charge in [-0.2, -0.15) is 0 Å². The van der Waals surface area contributed by atoms with E-state index < -0.39 is 0 Å². The van der Waals surface area contributed by atoms with Crippen LogP contribution < -0.4 is 4.74 Å². The number of rotatable bonds is 6. The predicted molar refractivity (Wildman–Crippen MR) is 197 cm³/mol.